The van der Waals surface area contributed by atoms with Crippen LogP contribution in [0.4, 0.5) is 10.2 Å². The lowest BCUT2D eigenvalue weighted by Gasteiger charge is -2.36. The largest absolute Gasteiger partial charge is 0.355 e. The van der Waals surface area contributed by atoms with Crippen molar-refractivity contribution in [3.63, 3.8) is 0 Å². The van der Waals surface area contributed by atoms with Gasteiger partial charge in [-0.2, -0.15) is 0 Å². The first-order valence-electron chi connectivity index (χ1n) is 11.5. The molecular weight excluding hydrogens is 407 g/mol. The fourth-order valence-corrected chi connectivity index (χ4v) is 4.96. The molecule has 0 spiro atoms. The molecule has 0 bridgehead atoms. The number of amides is 2. The molecule has 3 aliphatic rings. The topological polar surface area (TPSA) is 65.5 Å². The number of pyridine rings is 1. The van der Waals surface area contributed by atoms with Gasteiger partial charge in [0.15, 0.2) is 0 Å². The molecule has 1 N–H and O–H groups in total. The Kier molecular flexibility index (Phi) is 5.35. The van der Waals surface area contributed by atoms with E-state index in [9.17, 15) is 14.0 Å². The van der Waals surface area contributed by atoms with Gasteiger partial charge in [0.25, 0.3) is 5.91 Å². The van der Waals surface area contributed by atoms with Crippen molar-refractivity contribution >= 4 is 17.6 Å². The lowest BCUT2D eigenvalue weighted by atomic mass is 9.89. The van der Waals surface area contributed by atoms with E-state index in [4.69, 9.17) is 4.98 Å². The molecular formula is C25H29FN4O2. The predicted octanol–water partition coefficient (Wildman–Crippen LogP) is 3.22. The molecule has 7 heteroatoms. The third-order valence-corrected chi connectivity index (χ3v) is 6.95. The number of hydrogen-bond donors (Lipinski definition) is 1. The average Bonchev–Trinajstić information content (AvgIpc) is 3.58. The molecule has 1 aliphatic carbocycles. The highest BCUT2D eigenvalue weighted by Gasteiger charge is 2.34. The van der Waals surface area contributed by atoms with E-state index < -0.39 is 5.82 Å². The van der Waals surface area contributed by atoms with Crippen LogP contribution < -0.4 is 10.2 Å². The van der Waals surface area contributed by atoms with Gasteiger partial charge < -0.3 is 15.1 Å². The number of nitrogens with one attached hydrogen (secondary N) is 1. The Labute approximate surface area is 187 Å². The molecule has 32 heavy (non-hydrogen) atoms. The van der Waals surface area contributed by atoms with Gasteiger partial charge >= 0.3 is 0 Å². The Morgan fingerprint density at radius 2 is 1.91 bits per heavy atom. The van der Waals surface area contributed by atoms with E-state index in [0.29, 0.717) is 44.2 Å². The van der Waals surface area contributed by atoms with Crippen LogP contribution in [0.3, 0.4) is 0 Å². The molecule has 2 amide bonds. The van der Waals surface area contributed by atoms with Crippen molar-refractivity contribution in [2.45, 2.75) is 38.5 Å². The zero-order valence-corrected chi connectivity index (χ0v) is 18.6. The number of nitrogens with zero attached hydrogens (tertiary/aromatic N) is 3. The van der Waals surface area contributed by atoms with Crippen LogP contribution in [-0.4, -0.2) is 54.4 Å². The summed E-state index contributed by atoms with van der Waals surface area (Å²) in [5.74, 6) is 0.448. The minimum absolute atomic E-state index is 0.0698. The Morgan fingerprint density at radius 3 is 2.53 bits per heavy atom. The summed E-state index contributed by atoms with van der Waals surface area (Å²) in [4.78, 5) is 33.8. The molecule has 1 saturated carbocycles. The number of carbonyl (C=O) groups is 2. The number of anilines is 1. The smallest absolute Gasteiger partial charge is 0.256 e. The predicted molar refractivity (Wildman–Crippen MR) is 120 cm³/mol. The summed E-state index contributed by atoms with van der Waals surface area (Å²) < 4.78 is 14.9. The number of carbonyl (C=O) groups excluding carboxylic acids is 2. The maximum atomic E-state index is 14.9. The van der Waals surface area contributed by atoms with Gasteiger partial charge in [0, 0.05) is 38.9 Å². The number of benzene rings is 1. The molecule has 2 saturated heterocycles. The van der Waals surface area contributed by atoms with E-state index in [2.05, 4.69) is 23.2 Å². The summed E-state index contributed by atoms with van der Waals surface area (Å²) in [5.41, 5.74) is 3.19. The van der Waals surface area contributed by atoms with Crippen molar-refractivity contribution in [3.05, 3.63) is 58.5 Å². The maximum absolute atomic E-state index is 14.9. The molecule has 168 valence electrons. The summed E-state index contributed by atoms with van der Waals surface area (Å²) in [6, 6.07) is 6.84. The fraction of sp³-hybridized carbons (Fsp3) is 0.480. The maximum Gasteiger partial charge on any atom is 0.256 e. The molecule has 5 rings (SSSR count). The number of halogens is 1. The second-order valence-electron chi connectivity index (χ2n) is 9.42. The first-order chi connectivity index (χ1) is 15.4. The van der Waals surface area contributed by atoms with Crippen molar-refractivity contribution in [2.24, 2.45) is 5.92 Å². The van der Waals surface area contributed by atoms with Crippen LogP contribution in [0.2, 0.25) is 0 Å². The molecule has 1 unspecified atom stereocenters. The Bertz CT molecular complexity index is 1060. The fourth-order valence-electron chi connectivity index (χ4n) is 4.96. The van der Waals surface area contributed by atoms with Gasteiger partial charge in [0.2, 0.25) is 5.91 Å². The highest BCUT2D eigenvalue weighted by atomic mass is 19.1. The average molecular weight is 437 g/mol. The molecule has 1 aromatic heterocycles. The Morgan fingerprint density at radius 1 is 1.16 bits per heavy atom. The number of rotatable bonds is 4. The van der Waals surface area contributed by atoms with Gasteiger partial charge in [-0.25, -0.2) is 9.37 Å². The minimum Gasteiger partial charge on any atom is -0.355 e. The van der Waals surface area contributed by atoms with Crippen LogP contribution in [-0.2, 0) is 4.79 Å². The van der Waals surface area contributed by atoms with Crippen LogP contribution in [0.15, 0.2) is 30.5 Å². The van der Waals surface area contributed by atoms with Crippen molar-refractivity contribution in [3.8, 4) is 0 Å². The van der Waals surface area contributed by atoms with Crippen LogP contribution >= 0.6 is 0 Å². The molecule has 1 aromatic carbocycles. The van der Waals surface area contributed by atoms with Gasteiger partial charge in [0.05, 0.1) is 11.5 Å². The molecule has 0 radical (unpaired) electrons. The van der Waals surface area contributed by atoms with E-state index in [1.807, 2.05) is 13.1 Å². The van der Waals surface area contributed by atoms with E-state index in [-0.39, 0.29) is 29.2 Å². The summed E-state index contributed by atoms with van der Waals surface area (Å²) in [7, 11) is 0. The molecule has 3 fully saturated rings. The highest BCUT2D eigenvalue weighted by molar-refractivity contribution is 5.95. The first-order valence-corrected chi connectivity index (χ1v) is 11.5. The summed E-state index contributed by atoms with van der Waals surface area (Å²) in [5, 5.41) is 2.82. The Balaban J connectivity index is 1.27. The first kappa shape index (κ1) is 20.9. The monoisotopic (exact) mass is 436 g/mol. The van der Waals surface area contributed by atoms with Crippen molar-refractivity contribution in [1.82, 2.24) is 15.2 Å². The third-order valence-electron chi connectivity index (χ3n) is 6.95. The SMILES string of the molecule is Cc1cnc(N2CCN(C(=O)c3ccc([C@@H]4C(=O)NCC4C)cc3F)CC2)c(C2CC2)c1. The second-order valence-corrected chi connectivity index (χ2v) is 9.42. The second kappa shape index (κ2) is 8.19. The highest BCUT2D eigenvalue weighted by Crippen LogP contribution is 2.44. The van der Waals surface area contributed by atoms with Gasteiger partial charge in [0.1, 0.15) is 11.6 Å². The number of hydrogen-bond acceptors (Lipinski definition) is 4. The van der Waals surface area contributed by atoms with Crippen LogP contribution in [0.5, 0.6) is 0 Å². The zero-order valence-electron chi connectivity index (χ0n) is 18.6. The molecule has 6 nitrogen and oxygen atoms in total. The Hall–Kier alpha value is -2.96. The zero-order chi connectivity index (χ0) is 22.4. The lowest BCUT2D eigenvalue weighted by molar-refractivity contribution is -0.120. The van der Waals surface area contributed by atoms with Gasteiger partial charge in [-0.1, -0.05) is 19.1 Å². The van der Waals surface area contributed by atoms with Crippen molar-refractivity contribution in [1.29, 1.82) is 0 Å². The normalized spacial score (nSPS) is 23.4. The van der Waals surface area contributed by atoms with Crippen LogP contribution in [0, 0.1) is 18.7 Å². The van der Waals surface area contributed by atoms with Crippen LogP contribution in [0.1, 0.15) is 58.6 Å². The van der Waals surface area contributed by atoms with Gasteiger partial charge in [-0.3, -0.25) is 9.59 Å². The quantitative estimate of drug-likeness (QED) is 0.799. The van der Waals surface area contributed by atoms with E-state index >= 15 is 0 Å². The standard InChI is InChI=1S/C25H29FN4O2/c1-15-11-20(17-3-4-17)23(27-13-15)29-7-9-30(10-8-29)25(32)19-6-5-18(12-21(19)26)22-16(2)14-28-24(22)31/h5-6,11-13,16-17,22H,3-4,7-10,14H2,1-2H3,(H,28,31)/t16?,22-/m1/s1. The van der Waals surface area contributed by atoms with E-state index in [1.165, 1.54) is 36.1 Å². The third kappa shape index (κ3) is 3.85. The molecule has 3 heterocycles. The number of piperazine rings is 1. The molecule has 2 atom stereocenters. The van der Waals surface area contributed by atoms with E-state index in [0.717, 1.165) is 5.82 Å². The minimum atomic E-state index is -0.557. The molecule has 2 aliphatic heterocycles. The van der Waals surface area contributed by atoms with Gasteiger partial charge in [-0.15, -0.1) is 0 Å². The summed E-state index contributed by atoms with van der Waals surface area (Å²) in [6.45, 7) is 7.05. The molecule has 2 aromatic rings. The summed E-state index contributed by atoms with van der Waals surface area (Å²) >= 11 is 0. The van der Waals surface area contributed by atoms with Crippen LogP contribution in [0.25, 0.3) is 0 Å². The summed E-state index contributed by atoms with van der Waals surface area (Å²) in [6.07, 6.45) is 4.33. The number of aryl methyl sites for hydroxylation is 1. The lowest BCUT2D eigenvalue weighted by Crippen LogP contribution is -2.49. The van der Waals surface area contributed by atoms with Crippen molar-refractivity contribution in [2.75, 3.05) is 37.6 Å². The van der Waals surface area contributed by atoms with E-state index in [1.54, 1.807) is 11.0 Å². The number of aromatic nitrogens is 1. The van der Waals surface area contributed by atoms with Crippen molar-refractivity contribution < 1.29 is 14.0 Å². The van der Waals surface area contributed by atoms with Gasteiger partial charge in [-0.05, 0) is 60.4 Å².